The lowest BCUT2D eigenvalue weighted by Gasteiger charge is -2.07. The number of aromatic nitrogens is 3. The lowest BCUT2D eigenvalue weighted by atomic mass is 10.2. The van der Waals surface area contributed by atoms with Crippen LogP contribution in [0.4, 0.5) is 5.69 Å². The number of hydrogen-bond donors (Lipinski definition) is 1. The highest BCUT2D eigenvalue weighted by atomic mass is 16.5. The van der Waals surface area contributed by atoms with Crippen LogP contribution in [0.5, 0.6) is 11.5 Å². The third-order valence-electron chi connectivity index (χ3n) is 3.53. The molecule has 23 heavy (non-hydrogen) atoms. The molecule has 0 fully saturated rings. The zero-order valence-corrected chi connectivity index (χ0v) is 13.3. The number of nitrogen functional groups attached to an aromatic ring is 1. The summed E-state index contributed by atoms with van der Waals surface area (Å²) in [4.78, 5) is 0. The van der Waals surface area contributed by atoms with E-state index >= 15 is 0 Å². The first kappa shape index (κ1) is 14.9. The van der Waals surface area contributed by atoms with E-state index in [4.69, 9.17) is 15.2 Å². The minimum Gasteiger partial charge on any atom is -0.493 e. The summed E-state index contributed by atoms with van der Waals surface area (Å²) in [6.07, 6.45) is 5.79. The first-order chi connectivity index (χ1) is 11.1. The van der Waals surface area contributed by atoms with Crippen molar-refractivity contribution in [2.24, 2.45) is 0 Å². The Hall–Kier alpha value is -3.02. The summed E-state index contributed by atoms with van der Waals surface area (Å²) >= 11 is 0. The smallest absolute Gasteiger partial charge is 0.184 e. The summed E-state index contributed by atoms with van der Waals surface area (Å²) in [5.74, 6) is 2.09. The largest absolute Gasteiger partial charge is 0.493 e. The summed E-state index contributed by atoms with van der Waals surface area (Å²) in [6, 6.07) is 7.59. The summed E-state index contributed by atoms with van der Waals surface area (Å²) in [6.45, 7) is 1.98. The summed E-state index contributed by atoms with van der Waals surface area (Å²) < 4.78 is 12.4. The van der Waals surface area contributed by atoms with Crippen LogP contribution >= 0.6 is 0 Å². The van der Waals surface area contributed by atoms with Crippen molar-refractivity contribution in [1.29, 1.82) is 0 Å². The van der Waals surface area contributed by atoms with Crippen molar-refractivity contribution < 1.29 is 9.47 Å². The van der Waals surface area contributed by atoms with Gasteiger partial charge in [0.05, 0.1) is 19.9 Å². The monoisotopic (exact) mass is 310 g/mol. The molecule has 0 amide bonds. The van der Waals surface area contributed by atoms with Crippen molar-refractivity contribution in [3.8, 4) is 11.5 Å². The van der Waals surface area contributed by atoms with Gasteiger partial charge in [-0.2, -0.15) is 0 Å². The van der Waals surface area contributed by atoms with Gasteiger partial charge in [-0.05, 0) is 42.3 Å². The lowest BCUT2D eigenvalue weighted by Crippen LogP contribution is -1.95. The SMILES string of the molecule is COc1ccc(/C=C/c2nnc3c(N)cc(C)cn23)cc1OC. The van der Waals surface area contributed by atoms with Gasteiger partial charge in [-0.1, -0.05) is 12.1 Å². The molecule has 0 atom stereocenters. The molecule has 3 aromatic rings. The highest BCUT2D eigenvalue weighted by molar-refractivity contribution is 5.72. The van der Waals surface area contributed by atoms with Crippen molar-refractivity contribution in [3.63, 3.8) is 0 Å². The molecule has 0 saturated carbocycles. The molecule has 2 heterocycles. The molecule has 0 radical (unpaired) electrons. The number of aryl methyl sites for hydroxylation is 1. The van der Waals surface area contributed by atoms with Gasteiger partial charge in [0.1, 0.15) is 0 Å². The van der Waals surface area contributed by atoms with Gasteiger partial charge in [-0.3, -0.25) is 4.40 Å². The fourth-order valence-corrected chi connectivity index (χ4v) is 2.42. The number of nitrogens with zero attached hydrogens (tertiary/aromatic N) is 3. The molecule has 0 unspecified atom stereocenters. The van der Waals surface area contributed by atoms with Crippen molar-refractivity contribution in [3.05, 3.63) is 47.4 Å². The highest BCUT2D eigenvalue weighted by Gasteiger charge is 2.07. The van der Waals surface area contributed by atoms with Crippen molar-refractivity contribution in [2.45, 2.75) is 6.92 Å². The van der Waals surface area contributed by atoms with Gasteiger partial charge >= 0.3 is 0 Å². The van der Waals surface area contributed by atoms with Crippen LogP contribution in [-0.4, -0.2) is 28.8 Å². The lowest BCUT2D eigenvalue weighted by molar-refractivity contribution is 0.355. The van der Waals surface area contributed by atoms with Crippen molar-refractivity contribution in [1.82, 2.24) is 14.6 Å². The number of pyridine rings is 1. The molecule has 2 N–H and O–H groups in total. The number of nitrogens with two attached hydrogens (primary N) is 1. The highest BCUT2D eigenvalue weighted by Crippen LogP contribution is 2.28. The Labute approximate surface area is 134 Å². The number of hydrogen-bond acceptors (Lipinski definition) is 5. The van der Waals surface area contributed by atoms with E-state index in [2.05, 4.69) is 10.2 Å². The average Bonchev–Trinajstić information content (AvgIpc) is 2.95. The van der Waals surface area contributed by atoms with Crippen LogP contribution in [-0.2, 0) is 0 Å². The van der Waals surface area contributed by atoms with Crippen LogP contribution in [0, 0.1) is 6.92 Å². The van der Waals surface area contributed by atoms with E-state index in [-0.39, 0.29) is 0 Å². The quantitative estimate of drug-likeness (QED) is 0.802. The molecular formula is C17H18N4O2. The molecule has 118 valence electrons. The second kappa shape index (κ2) is 6.00. The van der Waals surface area contributed by atoms with E-state index in [9.17, 15) is 0 Å². The number of ether oxygens (including phenoxy) is 2. The molecule has 6 nitrogen and oxygen atoms in total. The van der Waals surface area contributed by atoms with Crippen molar-refractivity contribution in [2.75, 3.05) is 20.0 Å². The molecular weight excluding hydrogens is 292 g/mol. The topological polar surface area (TPSA) is 74.7 Å². The second-order valence-electron chi connectivity index (χ2n) is 5.17. The van der Waals surface area contributed by atoms with Crippen LogP contribution < -0.4 is 15.2 Å². The zero-order chi connectivity index (χ0) is 16.4. The number of methoxy groups -OCH3 is 2. The Morgan fingerprint density at radius 1 is 1.04 bits per heavy atom. The Morgan fingerprint density at radius 2 is 1.83 bits per heavy atom. The number of anilines is 1. The Morgan fingerprint density at radius 3 is 2.57 bits per heavy atom. The van der Waals surface area contributed by atoms with Crippen LogP contribution in [0.1, 0.15) is 17.0 Å². The Balaban J connectivity index is 1.97. The molecule has 0 bridgehead atoms. The van der Waals surface area contributed by atoms with Crippen LogP contribution in [0.3, 0.4) is 0 Å². The molecule has 0 spiro atoms. The van der Waals surface area contributed by atoms with E-state index in [1.807, 2.05) is 53.9 Å². The van der Waals surface area contributed by atoms with E-state index < -0.39 is 0 Å². The first-order valence-electron chi connectivity index (χ1n) is 7.13. The maximum atomic E-state index is 5.97. The minimum absolute atomic E-state index is 0.614. The molecule has 0 aliphatic carbocycles. The van der Waals surface area contributed by atoms with Gasteiger partial charge in [0.25, 0.3) is 0 Å². The van der Waals surface area contributed by atoms with Gasteiger partial charge in [-0.15, -0.1) is 10.2 Å². The van der Waals surface area contributed by atoms with E-state index in [1.54, 1.807) is 14.2 Å². The van der Waals surface area contributed by atoms with Crippen LogP contribution in [0.25, 0.3) is 17.8 Å². The average molecular weight is 310 g/mol. The van der Waals surface area contributed by atoms with Gasteiger partial charge < -0.3 is 15.2 Å². The molecule has 6 heteroatoms. The molecule has 2 aromatic heterocycles. The van der Waals surface area contributed by atoms with Crippen molar-refractivity contribution >= 4 is 23.5 Å². The third kappa shape index (κ3) is 2.83. The predicted octanol–water partition coefficient (Wildman–Crippen LogP) is 2.81. The predicted molar refractivity (Wildman–Crippen MR) is 90.6 cm³/mol. The third-order valence-corrected chi connectivity index (χ3v) is 3.53. The fourth-order valence-electron chi connectivity index (χ4n) is 2.42. The van der Waals surface area contributed by atoms with Gasteiger partial charge in [0.2, 0.25) is 0 Å². The normalized spacial score (nSPS) is 11.3. The maximum absolute atomic E-state index is 5.97. The minimum atomic E-state index is 0.614. The summed E-state index contributed by atoms with van der Waals surface area (Å²) in [7, 11) is 3.23. The molecule has 1 aromatic carbocycles. The van der Waals surface area contributed by atoms with Crippen LogP contribution in [0.2, 0.25) is 0 Å². The number of benzene rings is 1. The maximum Gasteiger partial charge on any atom is 0.184 e. The van der Waals surface area contributed by atoms with E-state index in [0.717, 1.165) is 11.1 Å². The van der Waals surface area contributed by atoms with Gasteiger partial charge in [-0.25, -0.2) is 0 Å². The van der Waals surface area contributed by atoms with Crippen LogP contribution in [0.15, 0.2) is 30.5 Å². The van der Waals surface area contributed by atoms with E-state index in [0.29, 0.717) is 28.7 Å². The second-order valence-corrected chi connectivity index (χ2v) is 5.17. The first-order valence-corrected chi connectivity index (χ1v) is 7.13. The molecule has 0 aliphatic heterocycles. The molecule has 0 saturated heterocycles. The fraction of sp³-hybridized carbons (Fsp3) is 0.176. The zero-order valence-electron chi connectivity index (χ0n) is 13.3. The Kier molecular flexibility index (Phi) is 3.89. The van der Waals surface area contributed by atoms with Gasteiger partial charge in [0.15, 0.2) is 23.0 Å². The van der Waals surface area contributed by atoms with E-state index in [1.165, 1.54) is 0 Å². The standard InChI is InChI=1S/C17H18N4O2/c1-11-8-13(18)17-20-19-16(21(17)10-11)7-5-12-4-6-14(22-2)15(9-12)23-3/h4-10H,18H2,1-3H3/b7-5+. The summed E-state index contributed by atoms with van der Waals surface area (Å²) in [5.41, 5.74) is 9.26. The Bertz CT molecular complexity index is 884. The van der Waals surface area contributed by atoms with Gasteiger partial charge in [0, 0.05) is 6.20 Å². The molecule has 3 rings (SSSR count). The number of fused-ring (bicyclic) bond motifs is 1. The number of rotatable bonds is 4. The molecule has 0 aliphatic rings. The summed E-state index contributed by atoms with van der Waals surface area (Å²) in [5, 5.41) is 8.30.